The Morgan fingerprint density at radius 3 is 2.16 bits per heavy atom. The quantitative estimate of drug-likeness (QED) is 0.861. The first-order valence-electron chi connectivity index (χ1n) is 8.55. The molecule has 1 saturated carbocycles. The lowest BCUT2D eigenvalue weighted by atomic mass is 9.93. The number of nitrogens with one attached hydrogen (secondary N) is 1. The van der Waals surface area contributed by atoms with E-state index in [0.717, 1.165) is 12.0 Å². The molecular formula is C20H23NO3S. The third-order valence-electron chi connectivity index (χ3n) is 4.62. The van der Waals surface area contributed by atoms with Crippen LogP contribution in [0.5, 0.6) is 0 Å². The van der Waals surface area contributed by atoms with Crippen LogP contribution in [0.15, 0.2) is 59.5 Å². The van der Waals surface area contributed by atoms with E-state index in [1.165, 1.54) is 17.7 Å². The minimum Gasteiger partial charge on any atom is -0.273 e. The summed E-state index contributed by atoms with van der Waals surface area (Å²) in [6.45, 7) is 4.33. The van der Waals surface area contributed by atoms with E-state index >= 15 is 0 Å². The van der Waals surface area contributed by atoms with Crippen LogP contribution in [0.25, 0.3) is 0 Å². The van der Waals surface area contributed by atoms with Gasteiger partial charge in [-0.1, -0.05) is 56.3 Å². The molecule has 0 radical (unpaired) electrons. The molecule has 4 nitrogen and oxygen atoms in total. The Labute approximate surface area is 149 Å². The third kappa shape index (κ3) is 3.76. The number of sulfonamides is 1. The maximum absolute atomic E-state index is 12.7. The van der Waals surface area contributed by atoms with Gasteiger partial charge >= 0.3 is 0 Å². The summed E-state index contributed by atoms with van der Waals surface area (Å²) in [5, 5.41) is 0. The van der Waals surface area contributed by atoms with Gasteiger partial charge in [-0.2, -0.15) is 0 Å². The highest BCUT2D eigenvalue weighted by Crippen LogP contribution is 2.48. The number of hydrogen-bond acceptors (Lipinski definition) is 3. The number of carbonyl (C=O) groups excluding carboxylic acids is 1. The van der Waals surface area contributed by atoms with Crippen LogP contribution in [0, 0.1) is 5.92 Å². The van der Waals surface area contributed by atoms with Gasteiger partial charge in [0.1, 0.15) is 0 Å². The normalized spacial score (nSPS) is 15.8. The summed E-state index contributed by atoms with van der Waals surface area (Å²) in [4.78, 5) is 12.8. The van der Waals surface area contributed by atoms with Crippen LogP contribution in [0.4, 0.5) is 0 Å². The van der Waals surface area contributed by atoms with Gasteiger partial charge in [-0.15, -0.1) is 0 Å². The molecule has 0 heterocycles. The molecule has 0 bridgehead atoms. The molecule has 2 aromatic rings. The average molecular weight is 357 g/mol. The van der Waals surface area contributed by atoms with Crippen molar-refractivity contribution in [2.24, 2.45) is 5.92 Å². The van der Waals surface area contributed by atoms with Gasteiger partial charge in [-0.05, 0) is 48.4 Å². The van der Waals surface area contributed by atoms with Crippen molar-refractivity contribution < 1.29 is 13.2 Å². The van der Waals surface area contributed by atoms with E-state index < -0.39 is 21.3 Å². The molecule has 1 N–H and O–H groups in total. The molecule has 1 aliphatic carbocycles. The average Bonchev–Trinajstić information content (AvgIpc) is 3.37. The number of hydrogen-bond donors (Lipinski definition) is 1. The van der Waals surface area contributed by atoms with Crippen molar-refractivity contribution in [2.75, 3.05) is 0 Å². The fraction of sp³-hybridized carbons (Fsp3) is 0.350. The summed E-state index contributed by atoms with van der Waals surface area (Å²) < 4.78 is 27.0. The summed E-state index contributed by atoms with van der Waals surface area (Å²) >= 11 is 0. The molecule has 2 aromatic carbocycles. The highest BCUT2D eigenvalue weighted by Gasteiger charge is 2.52. The van der Waals surface area contributed by atoms with E-state index in [1.54, 1.807) is 18.2 Å². The summed E-state index contributed by atoms with van der Waals surface area (Å²) in [5.74, 6) is 0.132. The summed E-state index contributed by atoms with van der Waals surface area (Å²) in [6, 6.07) is 16.0. The fourth-order valence-corrected chi connectivity index (χ4v) is 4.15. The highest BCUT2D eigenvalue weighted by molar-refractivity contribution is 7.90. The standard InChI is InChI=1S/C20H23NO3S/c1-15(2)14-16-8-10-17(11-9-16)20(12-13-20)19(22)21-25(23,24)18-6-4-3-5-7-18/h3-11,15H,12-14H2,1-2H3,(H,21,22). The molecule has 0 atom stereocenters. The zero-order chi connectivity index (χ0) is 18.1. The minimum absolute atomic E-state index is 0.103. The summed E-state index contributed by atoms with van der Waals surface area (Å²) in [6.07, 6.45) is 2.33. The van der Waals surface area contributed by atoms with Crippen LogP contribution in [-0.2, 0) is 26.7 Å². The van der Waals surface area contributed by atoms with E-state index in [0.29, 0.717) is 18.8 Å². The van der Waals surface area contributed by atoms with Gasteiger partial charge in [-0.25, -0.2) is 13.1 Å². The van der Waals surface area contributed by atoms with Crippen molar-refractivity contribution in [3.8, 4) is 0 Å². The van der Waals surface area contributed by atoms with Gasteiger partial charge in [0.2, 0.25) is 5.91 Å². The van der Waals surface area contributed by atoms with Gasteiger partial charge in [0.25, 0.3) is 10.0 Å². The Morgan fingerprint density at radius 2 is 1.64 bits per heavy atom. The predicted molar refractivity (Wildman–Crippen MR) is 97.7 cm³/mol. The molecule has 3 rings (SSSR count). The molecule has 132 valence electrons. The van der Waals surface area contributed by atoms with Crippen molar-refractivity contribution in [3.05, 3.63) is 65.7 Å². The van der Waals surface area contributed by atoms with E-state index in [1.807, 2.05) is 24.3 Å². The topological polar surface area (TPSA) is 63.2 Å². The van der Waals surface area contributed by atoms with E-state index in [-0.39, 0.29) is 4.90 Å². The Bertz CT molecular complexity index is 852. The molecule has 0 aliphatic heterocycles. The lowest BCUT2D eigenvalue weighted by molar-refractivity contribution is -0.121. The minimum atomic E-state index is -3.83. The van der Waals surface area contributed by atoms with Crippen LogP contribution >= 0.6 is 0 Å². The molecule has 0 spiro atoms. The Hall–Kier alpha value is -2.14. The highest BCUT2D eigenvalue weighted by atomic mass is 32.2. The van der Waals surface area contributed by atoms with Crippen molar-refractivity contribution in [3.63, 3.8) is 0 Å². The third-order valence-corrected chi connectivity index (χ3v) is 5.96. The fourth-order valence-electron chi connectivity index (χ4n) is 3.08. The molecule has 0 saturated heterocycles. The van der Waals surface area contributed by atoms with Gasteiger partial charge < -0.3 is 0 Å². The van der Waals surface area contributed by atoms with Crippen molar-refractivity contribution in [2.45, 2.75) is 43.4 Å². The van der Waals surface area contributed by atoms with E-state index in [4.69, 9.17) is 0 Å². The second kappa shape index (κ2) is 6.64. The molecule has 0 aromatic heterocycles. The summed E-state index contributed by atoms with van der Waals surface area (Å²) in [7, 11) is -3.83. The van der Waals surface area contributed by atoms with E-state index in [9.17, 15) is 13.2 Å². The predicted octanol–water partition coefficient (Wildman–Crippen LogP) is 3.42. The first-order chi connectivity index (χ1) is 11.8. The molecule has 1 fully saturated rings. The molecule has 1 aliphatic rings. The maximum atomic E-state index is 12.7. The number of carbonyl (C=O) groups is 1. The second-order valence-corrected chi connectivity index (χ2v) is 8.81. The largest absolute Gasteiger partial charge is 0.273 e. The van der Waals surface area contributed by atoms with Gasteiger partial charge in [0.05, 0.1) is 10.3 Å². The zero-order valence-electron chi connectivity index (χ0n) is 14.5. The van der Waals surface area contributed by atoms with Crippen LogP contribution < -0.4 is 4.72 Å². The number of amides is 1. The molecule has 5 heteroatoms. The van der Waals surface area contributed by atoms with Crippen molar-refractivity contribution in [1.82, 2.24) is 4.72 Å². The maximum Gasteiger partial charge on any atom is 0.264 e. The monoisotopic (exact) mass is 357 g/mol. The zero-order valence-corrected chi connectivity index (χ0v) is 15.3. The number of rotatable bonds is 6. The van der Waals surface area contributed by atoms with Gasteiger partial charge in [0.15, 0.2) is 0 Å². The van der Waals surface area contributed by atoms with Crippen LogP contribution in [0.3, 0.4) is 0 Å². The van der Waals surface area contributed by atoms with Crippen LogP contribution in [0.2, 0.25) is 0 Å². The van der Waals surface area contributed by atoms with Crippen LogP contribution in [-0.4, -0.2) is 14.3 Å². The SMILES string of the molecule is CC(C)Cc1ccc(C2(C(=O)NS(=O)(=O)c3ccccc3)CC2)cc1. The second-order valence-electron chi connectivity index (χ2n) is 7.12. The van der Waals surface area contributed by atoms with Crippen molar-refractivity contribution >= 4 is 15.9 Å². The molecule has 0 unspecified atom stereocenters. The Kier molecular flexibility index (Phi) is 4.69. The Balaban J connectivity index is 1.78. The van der Waals surface area contributed by atoms with Gasteiger partial charge in [-0.3, -0.25) is 4.79 Å². The lowest BCUT2D eigenvalue weighted by Gasteiger charge is -2.17. The lowest BCUT2D eigenvalue weighted by Crippen LogP contribution is -2.38. The number of benzene rings is 2. The molecule has 1 amide bonds. The Morgan fingerprint density at radius 1 is 1.04 bits per heavy atom. The first-order valence-corrected chi connectivity index (χ1v) is 10.0. The molecular weight excluding hydrogens is 334 g/mol. The van der Waals surface area contributed by atoms with Crippen LogP contribution in [0.1, 0.15) is 37.8 Å². The smallest absolute Gasteiger partial charge is 0.264 e. The van der Waals surface area contributed by atoms with Crippen molar-refractivity contribution in [1.29, 1.82) is 0 Å². The van der Waals surface area contributed by atoms with Gasteiger partial charge in [0, 0.05) is 0 Å². The summed E-state index contributed by atoms with van der Waals surface area (Å²) in [5.41, 5.74) is 1.41. The first kappa shape index (κ1) is 17.7. The van der Waals surface area contributed by atoms with E-state index in [2.05, 4.69) is 18.6 Å². The molecule has 25 heavy (non-hydrogen) atoms.